The van der Waals surface area contributed by atoms with Gasteiger partial charge in [0.15, 0.2) is 0 Å². The number of hydrogen-bond donors (Lipinski definition) is 2. The molecule has 2 aromatic carbocycles. The van der Waals surface area contributed by atoms with Crippen LogP contribution in [0.5, 0.6) is 5.75 Å². The molecule has 0 aliphatic carbocycles. The van der Waals surface area contributed by atoms with Crippen LogP contribution in [0, 0.1) is 6.92 Å². The summed E-state index contributed by atoms with van der Waals surface area (Å²) >= 11 is 0. The van der Waals surface area contributed by atoms with Gasteiger partial charge in [-0.15, -0.1) is 0 Å². The molecule has 0 unspecified atom stereocenters. The maximum Gasteiger partial charge on any atom is 0.251 e. The summed E-state index contributed by atoms with van der Waals surface area (Å²) in [6.07, 6.45) is 1.04. The molecule has 5 heteroatoms. The van der Waals surface area contributed by atoms with Gasteiger partial charge < -0.3 is 15.4 Å². The maximum absolute atomic E-state index is 12.0. The summed E-state index contributed by atoms with van der Waals surface area (Å²) in [6, 6.07) is 15.5. The molecule has 0 bridgehead atoms. The maximum atomic E-state index is 12.0. The Morgan fingerprint density at radius 2 is 1.52 bits per heavy atom. The molecule has 0 aromatic heterocycles. The number of ether oxygens (including phenoxy) is 1. The lowest BCUT2D eigenvalue weighted by atomic mass is 9.87. The fourth-order valence-corrected chi connectivity index (χ4v) is 2.75. The van der Waals surface area contributed by atoms with Crippen LogP contribution >= 0.6 is 0 Å². The predicted molar refractivity (Wildman–Crippen MR) is 116 cm³/mol. The molecule has 0 saturated heterocycles. The molecule has 2 N–H and O–H groups in total. The van der Waals surface area contributed by atoms with E-state index < -0.39 is 0 Å². The summed E-state index contributed by atoms with van der Waals surface area (Å²) in [4.78, 5) is 23.9. The van der Waals surface area contributed by atoms with Crippen molar-refractivity contribution in [1.82, 2.24) is 10.6 Å². The second kappa shape index (κ2) is 10.6. The second-order valence-electron chi connectivity index (χ2n) is 8.20. The zero-order chi connectivity index (χ0) is 21.3. The van der Waals surface area contributed by atoms with Crippen LogP contribution in [0.15, 0.2) is 48.5 Å². The lowest BCUT2D eigenvalue weighted by molar-refractivity contribution is -0.121. The molecule has 2 rings (SSSR count). The van der Waals surface area contributed by atoms with Gasteiger partial charge in [-0.05, 0) is 48.6 Å². The number of aryl methyl sites for hydroxylation is 1. The van der Waals surface area contributed by atoms with Crippen LogP contribution in [-0.2, 0) is 10.2 Å². The van der Waals surface area contributed by atoms with Crippen molar-refractivity contribution in [2.45, 2.75) is 46.0 Å². The topological polar surface area (TPSA) is 67.4 Å². The minimum Gasteiger partial charge on any atom is -0.494 e. The molecule has 0 saturated carbocycles. The van der Waals surface area contributed by atoms with E-state index in [4.69, 9.17) is 4.74 Å². The Morgan fingerprint density at radius 1 is 0.897 bits per heavy atom. The minimum atomic E-state index is -0.134. The number of nitrogens with one attached hydrogen (secondary N) is 2. The number of hydrogen-bond acceptors (Lipinski definition) is 3. The Kier molecular flexibility index (Phi) is 8.25. The van der Waals surface area contributed by atoms with Gasteiger partial charge in [0.1, 0.15) is 5.75 Å². The first-order valence-corrected chi connectivity index (χ1v) is 10.1. The van der Waals surface area contributed by atoms with Gasteiger partial charge in [-0.25, -0.2) is 0 Å². The van der Waals surface area contributed by atoms with Gasteiger partial charge >= 0.3 is 0 Å². The molecular weight excluding hydrogens is 364 g/mol. The average molecular weight is 397 g/mol. The van der Waals surface area contributed by atoms with E-state index in [0.717, 1.165) is 11.3 Å². The van der Waals surface area contributed by atoms with Crippen molar-refractivity contribution in [1.29, 1.82) is 0 Å². The highest BCUT2D eigenvalue weighted by Crippen LogP contribution is 2.24. The molecule has 0 atom stereocenters. The molecule has 29 heavy (non-hydrogen) atoms. The third-order valence-electron chi connectivity index (χ3n) is 4.58. The van der Waals surface area contributed by atoms with E-state index in [1.54, 1.807) is 12.1 Å². The van der Waals surface area contributed by atoms with Crippen molar-refractivity contribution in [2.24, 2.45) is 0 Å². The van der Waals surface area contributed by atoms with Crippen LogP contribution in [0.4, 0.5) is 0 Å². The summed E-state index contributed by atoms with van der Waals surface area (Å²) in [5.74, 6) is 0.642. The average Bonchev–Trinajstić information content (AvgIpc) is 2.68. The number of benzene rings is 2. The normalized spacial score (nSPS) is 11.0. The summed E-state index contributed by atoms with van der Waals surface area (Å²) in [7, 11) is 0. The van der Waals surface area contributed by atoms with Crippen molar-refractivity contribution in [3.8, 4) is 5.75 Å². The Bertz CT molecular complexity index is 790. The SMILES string of the molecule is Cc1ccc(C(=O)NCCNC(=O)CCCOc2ccc(C(C)(C)C)cc2)cc1. The number of carbonyl (C=O) groups excluding carboxylic acids is 2. The Balaban J connectivity index is 1.57. The van der Waals surface area contributed by atoms with Crippen LogP contribution in [-0.4, -0.2) is 31.5 Å². The van der Waals surface area contributed by atoms with Crippen LogP contribution < -0.4 is 15.4 Å². The van der Waals surface area contributed by atoms with E-state index >= 15 is 0 Å². The third kappa shape index (κ3) is 7.98. The first-order chi connectivity index (χ1) is 13.8. The first-order valence-electron chi connectivity index (χ1n) is 10.1. The van der Waals surface area contributed by atoms with Crippen LogP contribution in [0.25, 0.3) is 0 Å². The van der Waals surface area contributed by atoms with E-state index in [2.05, 4.69) is 43.5 Å². The molecule has 0 heterocycles. The summed E-state index contributed by atoms with van der Waals surface area (Å²) < 4.78 is 5.70. The van der Waals surface area contributed by atoms with Gasteiger partial charge in [-0.1, -0.05) is 50.6 Å². The van der Waals surface area contributed by atoms with Crippen molar-refractivity contribution in [3.63, 3.8) is 0 Å². The highest BCUT2D eigenvalue weighted by Gasteiger charge is 2.13. The van der Waals surface area contributed by atoms with E-state index in [9.17, 15) is 9.59 Å². The summed E-state index contributed by atoms with van der Waals surface area (Å²) in [5.41, 5.74) is 3.11. The number of rotatable bonds is 9. The lowest BCUT2D eigenvalue weighted by Gasteiger charge is -2.19. The Labute approximate surface area is 173 Å². The third-order valence-corrected chi connectivity index (χ3v) is 4.58. The van der Waals surface area contributed by atoms with Crippen molar-refractivity contribution < 1.29 is 14.3 Å². The van der Waals surface area contributed by atoms with Crippen LogP contribution in [0.2, 0.25) is 0 Å². The van der Waals surface area contributed by atoms with E-state index in [1.807, 2.05) is 31.2 Å². The zero-order valence-electron chi connectivity index (χ0n) is 17.9. The molecule has 0 spiro atoms. The fourth-order valence-electron chi connectivity index (χ4n) is 2.75. The van der Waals surface area contributed by atoms with Gasteiger partial charge in [-0.2, -0.15) is 0 Å². The van der Waals surface area contributed by atoms with Crippen molar-refractivity contribution in [3.05, 3.63) is 65.2 Å². The molecule has 0 aliphatic rings. The standard InChI is InChI=1S/C24H32N2O3/c1-18-7-9-19(10-8-18)23(28)26-16-15-25-22(27)6-5-17-29-21-13-11-20(12-14-21)24(2,3)4/h7-14H,5-6,15-17H2,1-4H3,(H,25,27)(H,26,28). The molecular formula is C24H32N2O3. The largest absolute Gasteiger partial charge is 0.494 e. The van der Waals surface area contributed by atoms with Gasteiger partial charge in [0, 0.05) is 25.1 Å². The monoisotopic (exact) mass is 396 g/mol. The number of carbonyl (C=O) groups is 2. The number of amides is 2. The molecule has 0 fully saturated rings. The van der Waals surface area contributed by atoms with Crippen molar-refractivity contribution >= 4 is 11.8 Å². The van der Waals surface area contributed by atoms with E-state index in [1.165, 1.54) is 5.56 Å². The van der Waals surface area contributed by atoms with Crippen LogP contribution in [0.3, 0.4) is 0 Å². The lowest BCUT2D eigenvalue weighted by Crippen LogP contribution is -2.34. The predicted octanol–water partition coefficient (Wildman–Crippen LogP) is 4.00. The molecule has 2 amide bonds. The van der Waals surface area contributed by atoms with Gasteiger partial charge in [0.2, 0.25) is 5.91 Å². The highest BCUT2D eigenvalue weighted by atomic mass is 16.5. The summed E-state index contributed by atoms with van der Waals surface area (Å²) in [6.45, 7) is 9.80. The molecule has 0 aliphatic heterocycles. The van der Waals surface area contributed by atoms with E-state index in [0.29, 0.717) is 38.1 Å². The smallest absolute Gasteiger partial charge is 0.251 e. The quantitative estimate of drug-likeness (QED) is 0.630. The molecule has 0 radical (unpaired) electrons. The molecule has 156 valence electrons. The molecule has 2 aromatic rings. The van der Waals surface area contributed by atoms with E-state index in [-0.39, 0.29) is 17.2 Å². The van der Waals surface area contributed by atoms with Gasteiger partial charge in [-0.3, -0.25) is 9.59 Å². The minimum absolute atomic E-state index is 0.0405. The van der Waals surface area contributed by atoms with Crippen molar-refractivity contribution in [2.75, 3.05) is 19.7 Å². The fraction of sp³-hybridized carbons (Fsp3) is 0.417. The van der Waals surface area contributed by atoms with Gasteiger partial charge in [0.05, 0.1) is 6.61 Å². The Hall–Kier alpha value is -2.82. The second-order valence-corrected chi connectivity index (χ2v) is 8.20. The van der Waals surface area contributed by atoms with Crippen LogP contribution in [0.1, 0.15) is 55.1 Å². The summed E-state index contributed by atoms with van der Waals surface area (Å²) in [5, 5.41) is 5.61. The Morgan fingerprint density at radius 3 is 2.14 bits per heavy atom. The highest BCUT2D eigenvalue weighted by molar-refractivity contribution is 5.94. The zero-order valence-corrected chi connectivity index (χ0v) is 17.9. The van der Waals surface area contributed by atoms with Gasteiger partial charge in [0.25, 0.3) is 5.91 Å². The first kappa shape index (κ1) is 22.5. The molecule has 5 nitrogen and oxygen atoms in total.